The molecule has 0 saturated carbocycles. The van der Waals surface area contributed by atoms with Crippen LogP contribution in [-0.4, -0.2) is 20.9 Å². The fourth-order valence-electron chi connectivity index (χ4n) is 2.21. The van der Waals surface area contributed by atoms with Crippen LogP contribution in [0.25, 0.3) is 22.0 Å². The SMILES string of the molecule is CC#Cn1ncc2cc(-c3ccc(C(=O)O)cc3)ccc21. The fraction of sp³-hybridized carbons (Fsp3) is 0.0588. The predicted octanol–water partition coefficient (Wildman–Crippen LogP) is 3.23. The molecule has 4 heteroatoms. The lowest BCUT2D eigenvalue weighted by Gasteiger charge is -2.03. The monoisotopic (exact) mass is 276 g/mol. The van der Waals surface area contributed by atoms with E-state index in [1.54, 1.807) is 42.1 Å². The average Bonchev–Trinajstić information content (AvgIpc) is 2.90. The average molecular weight is 276 g/mol. The van der Waals surface area contributed by atoms with Crippen LogP contribution in [0.2, 0.25) is 0 Å². The van der Waals surface area contributed by atoms with Gasteiger partial charge < -0.3 is 5.11 Å². The molecule has 0 atom stereocenters. The van der Waals surface area contributed by atoms with Gasteiger partial charge in [-0.2, -0.15) is 9.78 Å². The highest BCUT2D eigenvalue weighted by molar-refractivity contribution is 5.89. The molecule has 1 aromatic heterocycles. The van der Waals surface area contributed by atoms with Gasteiger partial charge >= 0.3 is 5.97 Å². The molecular weight excluding hydrogens is 264 g/mol. The molecule has 1 heterocycles. The van der Waals surface area contributed by atoms with Gasteiger partial charge in [0.15, 0.2) is 0 Å². The summed E-state index contributed by atoms with van der Waals surface area (Å²) >= 11 is 0. The van der Waals surface area contributed by atoms with E-state index in [2.05, 4.69) is 17.1 Å². The number of benzene rings is 2. The normalized spacial score (nSPS) is 10.1. The van der Waals surface area contributed by atoms with Gasteiger partial charge in [-0.1, -0.05) is 24.1 Å². The maximum absolute atomic E-state index is 10.9. The Balaban J connectivity index is 2.04. The highest BCUT2D eigenvalue weighted by atomic mass is 16.4. The molecule has 0 fully saturated rings. The van der Waals surface area contributed by atoms with Crippen molar-refractivity contribution < 1.29 is 9.90 Å². The van der Waals surface area contributed by atoms with E-state index >= 15 is 0 Å². The molecular formula is C17H12N2O2. The summed E-state index contributed by atoms with van der Waals surface area (Å²) in [6.45, 7) is 1.77. The molecule has 0 aliphatic heterocycles. The van der Waals surface area contributed by atoms with E-state index in [1.165, 1.54) is 0 Å². The number of hydrogen-bond donors (Lipinski definition) is 1. The zero-order valence-electron chi connectivity index (χ0n) is 11.4. The minimum Gasteiger partial charge on any atom is -0.478 e. The Morgan fingerprint density at radius 2 is 1.86 bits per heavy atom. The quantitative estimate of drug-likeness (QED) is 0.731. The van der Waals surface area contributed by atoms with Gasteiger partial charge in [-0.05, 0) is 42.3 Å². The van der Waals surface area contributed by atoms with Crippen LogP contribution in [0.15, 0.2) is 48.7 Å². The van der Waals surface area contributed by atoms with Crippen molar-refractivity contribution in [2.24, 2.45) is 0 Å². The van der Waals surface area contributed by atoms with Crippen LogP contribution in [0.3, 0.4) is 0 Å². The van der Waals surface area contributed by atoms with Gasteiger partial charge in [0.1, 0.15) is 0 Å². The molecule has 4 nitrogen and oxygen atoms in total. The number of rotatable bonds is 2. The van der Waals surface area contributed by atoms with E-state index in [9.17, 15) is 4.79 Å². The van der Waals surface area contributed by atoms with E-state index < -0.39 is 5.97 Å². The Hall–Kier alpha value is -3.06. The van der Waals surface area contributed by atoms with Gasteiger partial charge in [0.25, 0.3) is 0 Å². The highest BCUT2D eigenvalue weighted by Gasteiger charge is 2.06. The summed E-state index contributed by atoms with van der Waals surface area (Å²) in [4.78, 5) is 10.9. The maximum atomic E-state index is 10.9. The molecule has 0 aliphatic carbocycles. The Bertz CT molecular complexity index is 881. The topological polar surface area (TPSA) is 55.1 Å². The summed E-state index contributed by atoms with van der Waals surface area (Å²) in [6.07, 6.45) is 1.77. The Morgan fingerprint density at radius 1 is 1.14 bits per heavy atom. The molecule has 0 bridgehead atoms. The molecule has 3 rings (SSSR count). The van der Waals surface area contributed by atoms with Crippen molar-refractivity contribution in [1.82, 2.24) is 9.78 Å². The van der Waals surface area contributed by atoms with E-state index in [4.69, 9.17) is 5.11 Å². The standard InChI is InChI=1S/C17H12N2O2/c1-2-9-19-16-8-7-14(10-15(16)11-18-19)12-3-5-13(6-4-12)17(20)21/h3-8,10-11H,1H3,(H,20,21). The van der Waals surface area contributed by atoms with Crippen molar-refractivity contribution in [3.8, 4) is 23.1 Å². The predicted molar refractivity (Wildman–Crippen MR) is 81.0 cm³/mol. The van der Waals surface area contributed by atoms with Crippen molar-refractivity contribution >= 4 is 16.9 Å². The van der Waals surface area contributed by atoms with Crippen LogP contribution < -0.4 is 0 Å². The van der Waals surface area contributed by atoms with Gasteiger partial charge in [-0.15, -0.1) is 0 Å². The first-order valence-electron chi connectivity index (χ1n) is 6.43. The summed E-state index contributed by atoms with van der Waals surface area (Å²) in [5.41, 5.74) is 3.22. The minimum atomic E-state index is -0.920. The number of aromatic nitrogens is 2. The summed E-state index contributed by atoms with van der Waals surface area (Å²) in [7, 11) is 0. The number of hydrogen-bond acceptors (Lipinski definition) is 2. The first-order chi connectivity index (χ1) is 10.2. The van der Waals surface area contributed by atoms with Crippen LogP contribution in [0.5, 0.6) is 0 Å². The number of fused-ring (bicyclic) bond motifs is 1. The van der Waals surface area contributed by atoms with Crippen molar-refractivity contribution in [3.05, 3.63) is 54.2 Å². The summed E-state index contributed by atoms with van der Waals surface area (Å²) in [6, 6.07) is 15.7. The molecule has 0 amide bonds. The molecule has 21 heavy (non-hydrogen) atoms. The fourth-order valence-corrected chi connectivity index (χ4v) is 2.21. The zero-order chi connectivity index (χ0) is 14.8. The van der Waals surface area contributed by atoms with Gasteiger partial charge in [-0.25, -0.2) is 4.79 Å². The maximum Gasteiger partial charge on any atom is 0.335 e. The first-order valence-corrected chi connectivity index (χ1v) is 6.43. The number of carboxylic acids is 1. The third-order valence-corrected chi connectivity index (χ3v) is 3.25. The second-order valence-electron chi connectivity index (χ2n) is 4.57. The summed E-state index contributed by atoms with van der Waals surface area (Å²) in [5, 5.41) is 14.1. The molecule has 2 aromatic carbocycles. The molecule has 0 saturated heterocycles. The molecule has 0 radical (unpaired) electrons. The summed E-state index contributed by atoms with van der Waals surface area (Å²) < 4.78 is 1.65. The second-order valence-corrected chi connectivity index (χ2v) is 4.57. The number of carbonyl (C=O) groups is 1. The third-order valence-electron chi connectivity index (χ3n) is 3.25. The minimum absolute atomic E-state index is 0.283. The zero-order valence-corrected chi connectivity index (χ0v) is 11.4. The van der Waals surface area contributed by atoms with Gasteiger partial charge in [0, 0.05) is 11.4 Å². The second kappa shape index (κ2) is 5.14. The van der Waals surface area contributed by atoms with Crippen molar-refractivity contribution in [2.75, 3.05) is 0 Å². The van der Waals surface area contributed by atoms with Gasteiger partial charge in [-0.3, -0.25) is 0 Å². The Morgan fingerprint density at radius 3 is 2.52 bits per heavy atom. The molecule has 102 valence electrons. The van der Waals surface area contributed by atoms with Crippen LogP contribution in [0.4, 0.5) is 0 Å². The molecule has 0 aliphatic rings. The van der Waals surface area contributed by atoms with E-state index in [1.807, 2.05) is 18.2 Å². The van der Waals surface area contributed by atoms with Crippen LogP contribution in [0.1, 0.15) is 17.3 Å². The lowest BCUT2D eigenvalue weighted by atomic mass is 10.0. The molecule has 3 aromatic rings. The lowest BCUT2D eigenvalue weighted by Crippen LogP contribution is -1.94. The molecule has 1 N–H and O–H groups in total. The van der Waals surface area contributed by atoms with Crippen molar-refractivity contribution in [1.29, 1.82) is 0 Å². The Labute approximate surface area is 121 Å². The van der Waals surface area contributed by atoms with Crippen LogP contribution >= 0.6 is 0 Å². The third kappa shape index (κ3) is 2.37. The highest BCUT2D eigenvalue weighted by Crippen LogP contribution is 2.24. The lowest BCUT2D eigenvalue weighted by molar-refractivity contribution is 0.0697. The van der Waals surface area contributed by atoms with Crippen molar-refractivity contribution in [3.63, 3.8) is 0 Å². The number of carboxylic acid groups (broad SMARTS) is 1. The van der Waals surface area contributed by atoms with E-state index in [-0.39, 0.29) is 5.56 Å². The number of aromatic carboxylic acids is 1. The molecule has 0 spiro atoms. The molecule has 0 unspecified atom stereocenters. The summed E-state index contributed by atoms with van der Waals surface area (Å²) in [5.74, 6) is 1.90. The van der Waals surface area contributed by atoms with Crippen LogP contribution in [0, 0.1) is 12.0 Å². The van der Waals surface area contributed by atoms with Gasteiger partial charge in [0.05, 0.1) is 17.3 Å². The largest absolute Gasteiger partial charge is 0.478 e. The number of nitrogens with zero attached hydrogens (tertiary/aromatic N) is 2. The van der Waals surface area contributed by atoms with Crippen molar-refractivity contribution in [2.45, 2.75) is 6.92 Å². The van der Waals surface area contributed by atoms with E-state index in [0.29, 0.717) is 0 Å². The van der Waals surface area contributed by atoms with Crippen LogP contribution in [-0.2, 0) is 0 Å². The Kier molecular flexibility index (Phi) is 3.17. The first kappa shape index (κ1) is 12.9. The van der Waals surface area contributed by atoms with E-state index in [0.717, 1.165) is 22.0 Å². The van der Waals surface area contributed by atoms with Gasteiger partial charge in [0.2, 0.25) is 0 Å². The smallest absolute Gasteiger partial charge is 0.335 e.